The molecule has 0 fully saturated rings. The minimum absolute atomic E-state index is 0.363. The number of benzene rings is 1. The van der Waals surface area contributed by atoms with Crippen LogP contribution in [0.25, 0.3) is 0 Å². The van der Waals surface area contributed by atoms with Gasteiger partial charge in [-0.2, -0.15) is 0 Å². The van der Waals surface area contributed by atoms with Gasteiger partial charge in [0.25, 0.3) is 11.8 Å². The Morgan fingerprint density at radius 1 is 0.706 bits per heavy atom. The van der Waals surface area contributed by atoms with E-state index in [0.29, 0.717) is 17.7 Å². The molecule has 1 aromatic carbocycles. The van der Waals surface area contributed by atoms with Gasteiger partial charge < -0.3 is 9.84 Å². The molecule has 34 heavy (non-hydrogen) atoms. The second-order valence-electron chi connectivity index (χ2n) is 9.83. The normalized spacial score (nSPS) is 15.1. The Balaban J connectivity index is 1.42. The summed E-state index contributed by atoms with van der Waals surface area (Å²) < 4.78 is 5.54. The summed E-state index contributed by atoms with van der Waals surface area (Å²) in [6.45, 7) is 4.36. The Morgan fingerprint density at radius 3 is 1.50 bits per heavy atom. The summed E-state index contributed by atoms with van der Waals surface area (Å²) in [5.74, 6) is -0.726. The van der Waals surface area contributed by atoms with Crippen LogP contribution in [0.1, 0.15) is 137 Å². The van der Waals surface area contributed by atoms with Crippen molar-refractivity contribution in [3.05, 3.63) is 35.4 Å². The summed E-state index contributed by atoms with van der Waals surface area (Å²) in [6.07, 6.45) is 19.8. The summed E-state index contributed by atoms with van der Waals surface area (Å²) in [4.78, 5) is 26.2. The van der Waals surface area contributed by atoms with E-state index in [1.165, 1.54) is 89.9 Å². The van der Waals surface area contributed by atoms with E-state index in [9.17, 15) is 14.7 Å². The maximum absolute atomic E-state index is 12.5. The van der Waals surface area contributed by atoms with Gasteiger partial charge in [-0.3, -0.25) is 14.5 Å². The van der Waals surface area contributed by atoms with Crippen LogP contribution >= 0.6 is 0 Å². The fourth-order valence-electron chi connectivity index (χ4n) is 4.70. The Labute approximate surface area is 207 Å². The molecule has 0 bridgehead atoms. The Kier molecular flexibility index (Phi) is 14.1. The van der Waals surface area contributed by atoms with Crippen molar-refractivity contribution in [2.75, 3.05) is 6.61 Å². The summed E-state index contributed by atoms with van der Waals surface area (Å²) in [5, 5.41) is 10.3. The number of rotatable bonds is 20. The second kappa shape index (κ2) is 16.8. The van der Waals surface area contributed by atoms with Crippen molar-refractivity contribution in [1.29, 1.82) is 0 Å². The van der Waals surface area contributed by atoms with Crippen LogP contribution in [0, 0.1) is 0 Å². The van der Waals surface area contributed by atoms with Crippen LogP contribution in [-0.4, -0.2) is 40.8 Å². The first-order valence-electron chi connectivity index (χ1n) is 13.8. The van der Waals surface area contributed by atoms with Crippen molar-refractivity contribution in [2.24, 2.45) is 0 Å². The van der Waals surface area contributed by atoms with Crippen molar-refractivity contribution in [3.63, 3.8) is 0 Å². The molecule has 5 nitrogen and oxygen atoms in total. The number of unbranched alkanes of at least 4 members (excludes halogenated alkanes) is 15. The quantitative estimate of drug-likeness (QED) is 0.123. The van der Waals surface area contributed by atoms with E-state index in [1.807, 2.05) is 0 Å². The maximum Gasteiger partial charge on any atom is 0.261 e. The zero-order valence-corrected chi connectivity index (χ0v) is 21.6. The predicted molar refractivity (Wildman–Crippen MR) is 138 cm³/mol. The number of aliphatic hydroxyl groups is 1. The van der Waals surface area contributed by atoms with Gasteiger partial charge in [-0.05, 0) is 25.5 Å². The molecule has 0 spiro atoms. The molecule has 1 aromatic rings. The zero-order chi connectivity index (χ0) is 24.6. The predicted octanol–water partition coefficient (Wildman–Crippen LogP) is 7.27. The summed E-state index contributed by atoms with van der Waals surface area (Å²) in [6, 6.07) is 6.05. The summed E-state index contributed by atoms with van der Waals surface area (Å²) >= 11 is 0. The molecule has 1 aliphatic rings. The largest absolute Gasteiger partial charge is 0.366 e. The van der Waals surface area contributed by atoms with Crippen LogP contribution in [-0.2, 0) is 4.74 Å². The van der Waals surface area contributed by atoms with Crippen molar-refractivity contribution >= 4 is 11.8 Å². The lowest BCUT2D eigenvalue weighted by molar-refractivity contribution is -0.129. The molecule has 0 aromatic heterocycles. The zero-order valence-electron chi connectivity index (χ0n) is 21.6. The number of aliphatic hydroxyl groups excluding tert-OH is 1. The highest BCUT2D eigenvalue weighted by Crippen LogP contribution is 2.25. The number of imide groups is 1. The number of hydrogen-bond donors (Lipinski definition) is 1. The number of carbonyl (C=O) groups excluding carboxylic acids is 2. The third-order valence-electron chi connectivity index (χ3n) is 6.93. The van der Waals surface area contributed by atoms with Crippen LogP contribution in [0.3, 0.4) is 0 Å². The average molecular weight is 474 g/mol. The van der Waals surface area contributed by atoms with E-state index in [2.05, 4.69) is 6.92 Å². The Bertz CT molecular complexity index is 685. The molecular formula is C29H47NO4. The molecule has 2 amide bonds. The molecule has 1 heterocycles. The van der Waals surface area contributed by atoms with Crippen molar-refractivity contribution in [1.82, 2.24) is 4.90 Å². The summed E-state index contributed by atoms with van der Waals surface area (Å²) in [5.41, 5.74) is 0.786. The number of hydrogen-bond acceptors (Lipinski definition) is 4. The first-order chi connectivity index (χ1) is 16.6. The molecule has 192 valence electrons. The van der Waals surface area contributed by atoms with Gasteiger partial charge in [-0.1, -0.05) is 115 Å². The van der Waals surface area contributed by atoms with Crippen LogP contribution in [0.4, 0.5) is 0 Å². The molecule has 0 aliphatic carbocycles. The average Bonchev–Trinajstić information content (AvgIpc) is 3.10. The van der Waals surface area contributed by atoms with Gasteiger partial charge >= 0.3 is 0 Å². The first-order valence-corrected chi connectivity index (χ1v) is 13.8. The van der Waals surface area contributed by atoms with E-state index in [4.69, 9.17) is 4.74 Å². The molecule has 1 aliphatic heterocycles. The van der Waals surface area contributed by atoms with Crippen LogP contribution in [0.2, 0.25) is 0 Å². The van der Waals surface area contributed by atoms with Crippen LogP contribution in [0.5, 0.6) is 0 Å². The smallest absolute Gasteiger partial charge is 0.261 e. The molecular weight excluding hydrogens is 426 g/mol. The fourth-order valence-corrected chi connectivity index (χ4v) is 4.70. The van der Waals surface area contributed by atoms with E-state index >= 15 is 0 Å². The molecule has 0 saturated carbocycles. The van der Waals surface area contributed by atoms with Gasteiger partial charge in [0.05, 0.1) is 17.2 Å². The van der Waals surface area contributed by atoms with Crippen molar-refractivity contribution < 1.29 is 19.4 Å². The van der Waals surface area contributed by atoms with E-state index in [-0.39, 0.29) is 11.8 Å². The number of ether oxygens (including phenoxy) is 1. The lowest BCUT2D eigenvalue weighted by atomic mass is 10.0. The number of fused-ring (bicyclic) bond motifs is 1. The van der Waals surface area contributed by atoms with Crippen LogP contribution in [0.15, 0.2) is 24.3 Å². The van der Waals surface area contributed by atoms with E-state index in [1.54, 1.807) is 31.2 Å². The lowest BCUT2D eigenvalue weighted by Gasteiger charge is -2.26. The highest BCUT2D eigenvalue weighted by atomic mass is 16.6. The highest BCUT2D eigenvalue weighted by molar-refractivity contribution is 6.21. The van der Waals surface area contributed by atoms with Crippen molar-refractivity contribution in [2.45, 2.75) is 129 Å². The number of nitrogens with zero attached hydrogens (tertiary/aromatic N) is 1. The summed E-state index contributed by atoms with van der Waals surface area (Å²) in [7, 11) is 0. The first kappa shape index (κ1) is 28.5. The lowest BCUT2D eigenvalue weighted by Crippen LogP contribution is -2.46. The monoisotopic (exact) mass is 473 g/mol. The van der Waals surface area contributed by atoms with Gasteiger partial charge in [0, 0.05) is 6.61 Å². The number of carbonyl (C=O) groups is 2. The van der Waals surface area contributed by atoms with E-state index < -0.39 is 12.3 Å². The maximum atomic E-state index is 12.5. The Hall–Kier alpha value is -1.72. The Morgan fingerprint density at radius 2 is 1.09 bits per heavy atom. The topological polar surface area (TPSA) is 66.8 Å². The molecule has 2 unspecified atom stereocenters. The van der Waals surface area contributed by atoms with Crippen LogP contribution < -0.4 is 0 Å². The molecule has 0 saturated heterocycles. The van der Waals surface area contributed by atoms with Gasteiger partial charge in [-0.15, -0.1) is 0 Å². The van der Waals surface area contributed by atoms with Gasteiger partial charge in [-0.25, -0.2) is 0 Å². The third-order valence-corrected chi connectivity index (χ3v) is 6.93. The molecule has 1 N–H and O–H groups in total. The highest BCUT2D eigenvalue weighted by Gasteiger charge is 2.40. The molecule has 2 atom stereocenters. The standard InChI is InChI=1S/C29H47NO4/c1-3-4-5-6-7-8-9-10-11-12-13-14-15-16-17-20-23-34-29(33)24(2)30-27(31)25-21-18-19-22-26(25)28(30)32/h18-19,21-22,24,29,33H,3-17,20,23H2,1-2H3. The van der Waals surface area contributed by atoms with E-state index in [0.717, 1.165) is 17.7 Å². The molecule has 0 radical (unpaired) electrons. The molecule has 5 heteroatoms. The van der Waals surface area contributed by atoms with Gasteiger partial charge in [0.2, 0.25) is 0 Å². The van der Waals surface area contributed by atoms with Crippen molar-refractivity contribution in [3.8, 4) is 0 Å². The number of amides is 2. The fraction of sp³-hybridized carbons (Fsp3) is 0.724. The second-order valence-corrected chi connectivity index (χ2v) is 9.83. The van der Waals surface area contributed by atoms with Gasteiger partial charge in [0.15, 0.2) is 6.29 Å². The SMILES string of the molecule is CCCCCCCCCCCCCCCCCCOC(O)C(C)N1C(=O)c2ccccc2C1=O. The van der Waals surface area contributed by atoms with Gasteiger partial charge in [0.1, 0.15) is 0 Å². The minimum atomic E-state index is -1.17. The molecule has 2 rings (SSSR count). The third kappa shape index (κ3) is 9.50. The minimum Gasteiger partial charge on any atom is -0.366 e.